The standard InChI is InChI=1S/C16H14N2O2/c19-15-10-16(20)12(14-6-2-4-8-18-14)9-11(15)13-5-1-3-7-17-13/h1-8,19-20H,9-10H2. The molecule has 3 rings (SSSR count). The van der Waals surface area contributed by atoms with Gasteiger partial charge in [-0.3, -0.25) is 9.97 Å². The van der Waals surface area contributed by atoms with Crippen molar-refractivity contribution in [2.75, 3.05) is 0 Å². The lowest BCUT2D eigenvalue weighted by molar-refractivity contribution is 0.340. The molecule has 0 saturated carbocycles. The van der Waals surface area contributed by atoms with E-state index in [-0.39, 0.29) is 17.9 Å². The summed E-state index contributed by atoms with van der Waals surface area (Å²) in [5, 5.41) is 20.2. The zero-order valence-electron chi connectivity index (χ0n) is 10.8. The second-order valence-corrected chi connectivity index (χ2v) is 4.63. The van der Waals surface area contributed by atoms with Gasteiger partial charge >= 0.3 is 0 Å². The molecule has 0 aromatic carbocycles. The van der Waals surface area contributed by atoms with Crippen molar-refractivity contribution in [1.82, 2.24) is 9.97 Å². The molecular weight excluding hydrogens is 252 g/mol. The smallest absolute Gasteiger partial charge is 0.105 e. The highest BCUT2D eigenvalue weighted by Crippen LogP contribution is 2.37. The second-order valence-electron chi connectivity index (χ2n) is 4.63. The quantitative estimate of drug-likeness (QED) is 0.873. The molecule has 0 spiro atoms. The molecule has 0 unspecified atom stereocenters. The number of aromatic nitrogens is 2. The summed E-state index contributed by atoms with van der Waals surface area (Å²) in [5.41, 5.74) is 2.94. The molecule has 0 radical (unpaired) electrons. The molecule has 0 amide bonds. The average Bonchev–Trinajstić information content (AvgIpc) is 2.49. The Morgan fingerprint density at radius 3 is 1.60 bits per heavy atom. The second kappa shape index (κ2) is 5.17. The van der Waals surface area contributed by atoms with E-state index in [1.807, 2.05) is 36.4 Å². The van der Waals surface area contributed by atoms with Crippen LogP contribution < -0.4 is 0 Å². The van der Waals surface area contributed by atoms with Gasteiger partial charge in [-0.1, -0.05) is 12.1 Å². The lowest BCUT2D eigenvalue weighted by Gasteiger charge is -2.19. The molecule has 100 valence electrons. The number of hydrogen-bond donors (Lipinski definition) is 2. The highest BCUT2D eigenvalue weighted by Gasteiger charge is 2.23. The van der Waals surface area contributed by atoms with Crippen LogP contribution >= 0.6 is 0 Å². The van der Waals surface area contributed by atoms with Crippen LogP contribution in [0, 0.1) is 0 Å². The fourth-order valence-electron chi connectivity index (χ4n) is 2.31. The number of allylic oxidation sites excluding steroid dienone is 2. The van der Waals surface area contributed by atoms with Crippen molar-refractivity contribution < 1.29 is 10.2 Å². The summed E-state index contributed by atoms with van der Waals surface area (Å²) in [7, 11) is 0. The number of aliphatic hydroxyl groups is 2. The first-order valence-electron chi connectivity index (χ1n) is 6.40. The highest BCUT2D eigenvalue weighted by molar-refractivity contribution is 5.82. The molecule has 2 aromatic rings. The monoisotopic (exact) mass is 266 g/mol. The van der Waals surface area contributed by atoms with Gasteiger partial charge in [-0.15, -0.1) is 0 Å². The van der Waals surface area contributed by atoms with Crippen LogP contribution in [0.2, 0.25) is 0 Å². The Labute approximate surface area is 116 Å². The van der Waals surface area contributed by atoms with Gasteiger partial charge in [0.25, 0.3) is 0 Å². The van der Waals surface area contributed by atoms with Gasteiger partial charge in [0, 0.05) is 30.0 Å². The molecule has 0 saturated heterocycles. The topological polar surface area (TPSA) is 66.2 Å². The first-order chi connectivity index (χ1) is 9.75. The Kier molecular flexibility index (Phi) is 3.21. The molecule has 2 heterocycles. The van der Waals surface area contributed by atoms with Crippen LogP contribution in [0.5, 0.6) is 0 Å². The van der Waals surface area contributed by atoms with Crippen LogP contribution in [0.1, 0.15) is 24.2 Å². The van der Waals surface area contributed by atoms with Crippen LogP contribution in [-0.2, 0) is 0 Å². The van der Waals surface area contributed by atoms with Gasteiger partial charge < -0.3 is 10.2 Å². The minimum absolute atomic E-state index is 0.123. The van der Waals surface area contributed by atoms with Crippen molar-refractivity contribution >= 4 is 11.1 Å². The number of pyridine rings is 2. The maximum atomic E-state index is 10.1. The molecule has 0 aliphatic heterocycles. The van der Waals surface area contributed by atoms with Crippen molar-refractivity contribution in [3.05, 3.63) is 71.7 Å². The van der Waals surface area contributed by atoms with Crippen molar-refractivity contribution in [1.29, 1.82) is 0 Å². The Hall–Kier alpha value is -2.62. The summed E-state index contributed by atoms with van der Waals surface area (Å²) in [6.45, 7) is 0. The van der Waals surface area contributed by atoms with Crippen LogP contribution in [-0.4, -0.2) is 20.2 Å². The van der Waals surface area contributed by atoms with E-state index in [1.54, 1.807) is 12.4 Å². The molecule has 2 aromatic heterocycles. The molecule has 1 aliphatic carbocycles. The summed E-state index contributed by atoms with van der Waals surface area (Å²) in [4.78, 5) is 8.53. The van der Waals surface area contributed by atoms with E-state index in [9.17, 15) is 10.2 Å². The van der Waals surface area contributed by atoms with Gasteiger partial charge in [-0.05, 0) is 24.3 Å². The summed E-state index contributed by atoms with van der Waals surface area (Å²) < 4.78 is 0. The Morgan fingerprint density at radius 1 is 0.700 bits per heavy atom. The number of nitrogens with zero attached hydrogens (tertiary/aromatic N) is 2. The van der Waals surface area contributed by atoms with E-state index >= 15 is 0 Å². The number of aliphatic hydroxyl groups excluding tert-OH is 2. The summed E-state index contributed by atoms with van der Waals surface area (Å²) in [6, 6.07) is 11.1. The maximum absolute atomic E-state index is 10.1. The van der Waals surface area contributed by atoms with Crippen molar-refractivity contribution in [3.63, 3.8) is 0 Å². The van der Waals surface area contributed by atoms with Gasteiger partial charge in [-0.25, -0.2) is 0 Å². The molecule has 4 heteroatoms. The summed E-state index contributed by atoms with van der Waals surface area (Å²) in [5.74, 6) is 0.335. The minimum atomic E-state index is 0.123. The molecule has 0 fully saturated rings. The first kappa shape index (κ1) is 12.4. The molecular formula is C16H14N2O2. The van der Waals surface area contributed by atoms with Crippen LogP contribution in [0.15, 0.2) is 60.3 Å². The molecule has 0 atom stereocenters. The Balaban J connectivity index is 1.99. The zero-order valence-corrected chi connectivity index (χ0v) is 10.8. The minimum Gasteiger partial charge on any atom is -0.511 e. The summed E-state index contributed by atoms with van der Waals surface area (Å²) >= 11 is 0. The predicted octanol–water partition coefficient (Wildman–Crippen LogP) is 3.51. The fraction of sp³-hybridized carbons (Fsp3) is 0.125. The highest BCUT2D eigenvalue weighted by atomic mass is 16.3. The SMILES string of the molecule is OC1=C(c2ccccn2)CC(c2ccccn2)=C(O)C1. The third kappa shape index (κ3) is 2.28. The summed E-state index contributed by atoms with van der Waals surface area (Å²) in [6.07, 6.45) is 3.92. The Bertz CT molecular complexity index is 617. The molecule has 1 aliphatic rings. The van der Waals surface area contributed by atoms with Crippen molar-refractivity contribution in [2.24, 2.45) is 0 Å². The van der Waals surface area contributed by atoms with Crippen LogP contribution in [0.4, 0.5) is 0 Å². The first-order valence-corrected chi connectivity index (χ1v) is 6.40. The van der Waals surface area contributed by atoms with Crippen molar-refractivity contribution in [2.45, 2.75) is 12.8 Å². The lowest BCUT2D eigenvalue weighted by Crippen LogP contribution is -2.06. The average molecular weight is 266 g/mol. The predicted molar refractivity (Wildman–Crippen MR) is 76.8 cm³/mol. The number of hydrogen-bond acceptors (Lipinski definition) is 4. The largest absolute Gasteiger partial charge is 0.511 e. The lowest BCUT2D eigenvalue weighted by atomic mass is 9.91. The normalized spacial score (nSPS) is 15.6. The zero-order chi connectivity index (χ0) is 13.9. The number of rotatable bonds is 2. The van der Waals surface area contributed by atoms with Gasteiger partial charge in [-0.2, -0.15) is 0 Å². The van der Waals surface area contributed by atoms with Gasteiger partial charge in [0.1, 0.15) is 11.5 Å². The van der Waals surface area contributed by atoms with E-state index in [4.69, 9.17) is 0 Å². The van der Waals surface area contributed by atoms with E-state index < -0.39 is 0 Å². The van der Waals surface area contributed by atoms with Gasteiger partial charge in [0.05, 0.1) is 17.8 Å². The van der Waals surface area contributed by atoms with E-state index in [0.717, 1.165) is 22.5 Å². The third-order valence-electron chi connectivity index (χ3n) is 3.33. The fourth-order valence-corrected chi connectivity index (χ4v) is 2.31. The molecule has 2 N–H and O–H groups in total. The van der Waals surface area contributed by atoms with E-state index in [2.05, 4.69) is 9.97 Å². The van der Waals surface area contributed by atoms with Gasteiger partial charge in [0.2, 0.25) is 0 Å². The van der Waals surface area contributed by atoms with Gasteiger partial charge in [0.15, 0.2) is 0 Å². The molecule has 4 nitrogen and oxygen atoms in total. The maximum Gasteiger partial charge on any atom is 0.105 e. The molecule has 20 heavy (non-hydrogen) atoms. The Morgan fingerprint density at radius 2 is 1.20 bits per heavy atom. The van der Waals surface area contributed by atoms with Crippen molar-refractivity contribution in [3.8, 4) is 0 Å². The molecule has 0 bridgehead atoms. The van der Waals surface area contributed by atoms with E-state index in [1.165, 1.54) is 0 Å². The van der Waals surface area contributed by atoms with Crippen LogP contribution in [0.25, 0.3) is 11.1 Å². The van der Waals surface area contributed by atoms with Crippen LogP contribution in [0.3, 0.4) is 0 Å². The van der Waals surface area contributed by atoms with E-state index in [0.29, 0.717) is 6.42 Å². The third-order valence-corrected chi connectivity index (χ3v) is 3.33.